The van der Waals surface area contributed by atoms with Crippen molar-refractivity contribution in [3.05, 3.63) is 48.8 Å². The van der Waals surface area contributed by atoms with Gasteiger partial charge >= 0.3 is 0 Å². The summed E-state index contributed by atoms with van der Waals surface area (Å²) in [5.74, 6) is 1.58. The third-order valence-electron chi connectivity index (χ3n) is 7.09. The Balaban J connectivity index is 1.17. The zero-order valence-electron chi connectivity index (χ0n) is 18.9. The molecule has 7 heteroatoms. The van der Waals surface area contributed by atoms with E-state index in [1.54, 1.807) is 0 Å². The number of ether oxygens (including phenoxy) is 1. The molecule has 0 spiro atoms. The average Bonchev–Trinajstić information content (AvgIpc) is 3.62. The number of carbonyl (C=O) groups is 1. The lowest BCUT2D eigenvalue weighted by molar-refractivity contribution is -0.132. The summed E-state index contributed by atoms with van der Waals surface area (Å²) in [5.41, 5.74) is 4.58. The van der Waals surface area contributed by atoms with Crippen LogP contribution >= 0.6 is 0 Å². The van der Waals surface area contributed by atoms with E-state index in [9.17, 15) is 4.79 Å². The van der Waals surface area contributed by atoms with Crippen molar-refractivity contribution < 1.29 is 9.53 Å². The van der Waals surface area contributed by atoms with Gasteiger partial charge in [0.05, 0.1) is 11.2 Å². The number of piperidine rings is 1. The van der Waals surface area contributed by atoms with Gasteiger partial charge in [-0.05, 0) is 62.1 Å². The summed E-state index contributed by atoms with van der Waals surface area (Å²) >= 11 is 0. The molecular weight excluding hydrogens is 414 g/mol. The van der Waals surface area contributed by atoms with Crippen molar-refractivity contribution in [1.29, 1.82) is 0 Å². The van der Waals surface area contributed by atoms with Gasteiger partial charge in [-0.1, -0.05) is 12.1 Å². The number of anilines is 1. The highest BCUT2D eigenvalue weighted by molar-refractivity contribution is 5.82. The molecule has 1 saturated carbocycles. The highest BCUT2D eigenvalue weighted by Crippen LogP contribution is 2.33. The van der Waals surface area contributed by atoms with Crippen LogP contribution in [0.5, 0.6) is 5.75 Å². The summed E-state index contributed by atoms with van der Waals surface area (Å²) < 4.78 is 8.10. The molecule has 0 unspecified atom stereocenters. The first kappa shape index (κ1) is 20.5. The number of rotatable bonds is 5. The van der Waals surface area contributed by atoms with E-state index in [0.717, 1.165) is 80.9 Å². The molecule has 2 aromatic heterocycles. The van der Waals surface area contributed by atoms with Crippen LogP contribution in [0.2, 0.25) is 0 Å². The molecule has 1 atom stereocenters. The van der Waals surface area contributed by atoms with Crippen molar-refractivity contribution in [2.75, 3.05) is 44.2 Å². The molecule has 2 saturated heterocycles. The van der Waals surface area contributed by atoms with Crippen LogP contribution in [0, 0.1) is 5.92 Å². The second-order valence-corrected chi connectivity index (χ2v) is 9.47. The van der Waals surface area contributed by atoms with Crippen LogP contribution in [0.15, 0.2) is 48.8 Å². The number of fused-ring (bicyclic) bond motifs is 1. The second kappa shape index (κ2) is 8.71. The molecule has 2 aliphatic heterocycles. The highest BCUT2D eigenvalue weighted by atomic mass is 16.5. The first-order valence-electron chi connectivity index (χ1n) is 12.2. The van der Waals surface area contributed by atoms with Gasteiger partial charge < -0.3 is 19.9 Å². The Hall–Kier alpha value is -3.06. The predicted molar refractivity (Wildman–Crippen MR) is 129 cm³/mol. The van der Waals surface area contributed by atoms with Gasteiger partial charge in [-0.2, -0.15) is 5.10 Å². The summed E-state index contributed by atoms with van der Waals surface area (Å²) in [7, 11) is 0. The maximum Gasteiger partial charge on any atom is 0.225 e. The van der Waals surface area contributed by atoms with Gasteiger partial charge in [-0.25, -0.2) is 4.52 Å². The number of benzene rings is 1. The van der Waals surface area contributed by atoms with Crippen molar-refractivity contribution in [2.24, 2.45) is 5.92 Å². The van der Waals surface area contributed by atoms with Crippen LogP contribution in [0.1, 0.15) is 25.7 Å². The zero-order chi connectivity index (χ0) is 22.2. The molecule has 1 aromatic carbocycles. The number of piperazine rings is 1. The van der Waals surface area contributed by atoms with Gasteiger partial charge in [0.15, 0.2) is 0 Å². The summed E-state index contributed by atoms with van der Waals surface area (Å²) in [6, 6.07) is 12.7. The van der Waals surface area contributed by atoms with E-state index >= 15 is 0 Å². The molecule has 172 valence electrons. The van der Waals surface area contributed by atoms with Gasteiger partial charge in [0.1, 0.15) is 11.9 Å². The molecular formula is C26H31N5O2. The summed E-state index contributed by atoms with van der Waals surface area (Å²) in [4.78, 5) is 16.8. The Labute approximate surface area is 194 Å². The fourth-order valence-electron chi connectivity index (χ4n) is 5.02. The largest absolute Gasteiger partial charge is 0.489 e. The maximum atomic E-state index is 12.4. The summed E-state index contributed by atoms with van der Waals surface area (Å²) in [5, 5.41) is 7.94. The number of carbonyl (C=O) groups excluding carboxylic acids is 1. The molecule has 3 aromatic rings. The quantitative estimate of drug-likeness (QED) is 0.654. The Kier molecular flexibility index (Phi) is 5.42. The molecule has 1 aliphatic carbocycles. The van der Waals surface area contributed by atoms with Crippen LogP contribution in [0.4, 0.5) is 5.69 Å². The van der Waals surface area contributed by atoms with Crippen LogP contribution in [-0.4, -0.2) is 65.8 Å². The van der Waals surface area contributed by atoms with Gasteiger partial charge in [0.2, 0.25) is 5.91 Å². The molecule has 3 fully saturated rings. The minimum Gasteiger partial charge on any atom is -0.489 e. The number of aromatic nitrogens is 2. The first-order chi connectivity index (χ1) is 16.2. The lowest BCUT2D eigenvalue weighted by Gasteiger charge is -2.36. The predicted octanol–water partition coefficient (Wildman–Crippen LogP) is 3.19. The molecule has 1 amide bonds. The number of amides is 1. The Bertz CT molecular complexity index is 1120. The van der Waals surface area contributed by atoms with Gasteiger partial charge in [-0.3, -0.25) is 4.79 Å². The minimum absolute atomic E-state index is 0.258. The van der Waals surface area contributed by atoms with E-state index in [0.29, 0.717) is 11.8 Å². The number of hydrogen-bond acceptors (Lipinski definition) is 5. The Morgan fingerprint density at radius 1 is 1.00 bits per heavy atom. The molecule has 6 rings (SSSR count). The van der Waals surface area contributed by atoms with E-state index < -0.39 is 0 Å². The third kappa shape index (κ3) is 4.29. The smallest absolute Gasteiger partial charge is 0.225 e. The molecule has 4 heterocycles. The van der Waals surface area contributed by atoms with E-state index in [-0.39, 0.29) is 6.10 Å². The fourth-order valence-corrected chi connectivity index (χ4v) is 5.02. The minimum atomic E-state index is 0.258. The van der Waals surface area contributed by atoms with Crippen molar-refractivity contribution in [3.63, 3.8) is 0 Å². The average molecular weight is 446 g/mol. The second-order valence-electron chi connectivity index (χ2n) is 9.47. The van der Waals surface area contributed by atoms with Crippen LogP contribution in [-0.2, 0) is 4.79 Å². The topological polar surface area (TPSA) is 62.1 Å². The summed E-state index contributed by atoms with van der Waals surface area (Å²) in [6.45, 7) is 5.33. The van der Waals surface area contributed by atoms with Gasteiger partial charge in [0, 0.05) is 56.6 Å². The molecule has 7 nitrogen and oxygen atoms in total. The monoisotopic (exact) mass is 445 g/mol. The molecule has 0 radical (unpaired) electrons. The number of hydrogen-bond donors (Lipinski definition) is 1. The molecule has 3 aliphatic rings. The van der Waals surface area contributed by atoms with E-state index in [2.05, 4.69) is 57.9 Å². The van der Waals surface area contributed by atoms with Gasteiger partial charge in [-0.15, -0.1) is 0 Å². The van der Waals surface area contributed by atoms with Crippen molar-refractivity contribution in [1.82, 2.24) is 19.8 Å². The van der Waals surface area contributed by atoms with E-state index in [1.165, 1.54) is 12.1 Å². The van der Waals surface area contributed by atoms with Crippen LogP contribution in [0.3, 0.4) is 0 Å². The molecule has 1 N–H and O–H groups in total. The fraction of sp³-hybridized carbons (Fsp3) is 0.462. The normalized spacial score (nSPS) is 21.4. The summed E-state index contributed by atoms with van der Waals surface area (Å²) in [6.07, 6.45) is 8.63. The zero-order valence-corrected chi connectivity index (χ0v) is 18.9. The van der Waals surface area contributed by atoms with Gasteiger partial charge in [0.25, 0.3) is 0 Å². The standard InChI is InChI=1S/C26H31N5O2/c32-26(20-3-4-20)30-14-12-29(13-15-30)24-9-11-28-31-18-21(16-25(24)31)19-5-7-22(8-6-19)33-23-2-1-10-27-17-23/h5-9,11,16,18,20,23,27H,1-4,10,12-15,17H2/t23-/m0/s1. The van der Waals surface area contributed by atoms with Crippen molar-refractivity contribution >= 4 is 17.1 Å². The molecule has 33 heavy (non-hydrogen) atoms. The van der Waals surface area contributed by atoms with Crippen molar-refractivity contribution in [2.45, 2.75) is 31.8 Å². The number of nitrogens with zero attached hydrogens (tertiary/aromatic N) is 4. The lowest BCUT2D eigenvalue weighted by Crippen LogP contribution is -2.49. The van der Waals surface area contributed by atoms with Crippen molar-refractivity contribution in [3.8, 4) is 16.9 Å². The van der Waals surface area contributed by atoms with E-state index in [4.69, 9.17) is 4.74 Å². The lowest BCUT2D eigenvalue weighted by atomic mass is 10.1. The maximum absolute atomic E-state index is 12.4. The first-order valence-corrected chi connectivity index (χ1v) is 12.2. The number of nitrogens with one attached hydrogen (secondary N) is 1. The third-order valence-corrected chi connectivity index (χ3v) is 7.09. The molecule has 0 bridgehead atoms. The van der Waals surface area contributed by atoms with E-state index in [1.807, 2.05) is 15.6 Å². The highest BCUT2D eigenvalue weighted by Gasteiger charge is 2.34. The van der Waals surface area contributed by atoms with Crippen LogP contribution < -0.4 is 15.0 Å². The Morgan fingerprint density at radius 3 is 2.55 bits per heavy atom. The SMILES string of the molecule is O=C(C1CC1)N1CCN(c2ccnn3cc(-c4ccc(O[C@H]5CCCNC5)cc4)cc23)CC1. The Morgan fingerprint density at radius 2 is 1.82 bits per heavy atom. The van der Waals surface area contributed by atoms with Crippen LogP contribution in [0.25, 0.3) is 16.6 Å².